The van der Waals surface area contributed by atoms with Gasteiger partial charge < -0.3 is 9.84 Å². The fraction of sp³-hybridized carbons (Fsp3) is 0.154. The molecule has 0 saturated carbocycles. The molecule has 0 atom stereocenters. The molecule has 0 unspecified atom stereocenters. The Morgan fingerprint density at radius 2 is 2.32 bits per heavy atom. The van der Waals surface area contributed by atoms with E-state index in [4.69, 9.17) is 4.52 Å². The van der Waals surface area contributed by atoms with E-state index in [1.807, 2.05) is 17.5 Å². The second-order valence-electron chi connectivity index (χ2n) is 4.06. The van der Waals surface area contributed by atoms with E-state index in [1.54, 1.807) is 31.4 Å². The summed E-state index contributed by atoms with van der Waals surface area (Å²) in [5, 5.41) is 9.14. The fourth-order valence-electron chi connectivity index (χ4n) is 1.96. The van der Waals surface area contributed by atoms with Gasteiger partial charge in [0.2, 0.25) is 0 Å². The molecule has 3 heterocycles. The number of rotatable bonds is 2. The summed E-state index contributed by atoms with van der Waals surface area (Å²) in [6.07, 6.45) is 0. The van der Waals surface area contributed by atoms with Crippen molar-refractivity contribution in [3.8, 4) is 10.6 Å². The monoisotopic (exact) mass is 273 g/mol. The Morgan fingerprint density at radius 3 is 3.00 bits per heavy atom. The van der Waals surface area contributed by atoms with E-state index in [1.165, 1.54) is 0 Å². The van der Waals surface area contributed by atoms with Crippen LogP contribution in [0.3, 0.4) is 0 Å². The minimum Gasteiger partial charge on any atom is -0.355 e. The van der Waals surface area contributed by atoms with Gasteiger partial charge in [0.15, 0.2) is 0 Å². The molecule has 6 heteroatoms. The minimum atomic E-state index is -0.170. The first-order valence-electron chi connectivity index (χ1n) is 5.73. The number of carbonyl (C=O) groups excluding carboxylic acids is 1. The summed E-state index contributed by atoms with van der Waals surface area (Å²) in [7, 11) is 1.60. The predicted molar refractivity (Wildman–Crippen MR) is 73.2 cm³/mol. The van der Waals surface area contributed by atoms with Gasteiger partial charge in [0.05, 0.1) is 27.2 Å². The molecule has 3 rings (SSSR count). The molecular formula is C13H11N3O2S. The van der Waals surface area contributed by atoms with Gasteiger partial charge in [-0.05, 0) is 24.4 Å². The van der Waals surface area contributed by atoms with E-state index in [2.05, 4.69) is 15.5 Å². The van der Waals surface area contributed by atoms with Crippen molar-refractivity contribution in [3.63, 3.8) is 0 Å². The van der Waals surface area contributed by atoms with Crippen molar-refractivity contribution in [2.45, 2.75) is 6.92 Å². The van der Waals surface area contributed by atoms with Crippen molar-refractivity contribution in [3.05, 3.63) is 34.8 Å². The van der Waals surface area contributed by atoms with Gasteiger partial charge in [-0.1, -0.05) is 11.2 Å². The molecule has 0 saturated heterocycles. The van der Waals surface area contributed by atoms with Crippen LogP contribution in [0.2, 0.25) is 0 Å². The predicted octanol–water partition coefficient (Wildman–Crippen LogP) is 2.62. The summed E-state index contributed by atoms with van der Waals surface area (Å²) < 4.78 is 5.19. The lowest BCUT2D eigenvalue weighted by molar-refractivity contribution is 0.0964. The molecule has 0 radical (unpaired) electrons. The van der Waals surface area contributed by atoms with Crippen LogP contribution >= 0.6 is 11.3 Å². The topological polar surface area (TPSA) is 68.0 Å². The van der Waals surface area contributed by atoms with Crippen LogP contribution in [-0.4, -0.2) is 23.1 Å². The Hall–Kier alpha value is -2.21. The second-order valence-corrected chi connectivity index (χ2v) is 5.01. The van der Waals surface area contributed by atoms with Crippen LogP contribution in [0.5, 0.6) is 0 Å². The summed E-state index contributed by atoms with van der Waals surface area (Å²) in [6, 6.07) is 5.67. The normalized spacial score (nSPS) is 10.8. The zero-order valence-electron chi connectivity index (χ0n) is 10.4. The SMILES string of the molecule is CNC(=O)c1cc(-c2cccs2)nc2onc(C)c12. The number of nitrogens with zero attached hydrogens (tertiary/aromatic N) is 2. The van der Waals surface area contributed by atoms with E-state index in [-0.39, 0.29) is 5.91 Å². The van der Waals surface area contributed by atoms with Gasteiger partial charge in [0.25, 0.3) is 11.6 Å². The Kier molecular flexibility index (Phi) is 2.79. The van der Waals surface area contributed by atoms with Crippen LogP contribution in [0.4, 0.5) is 0 Å². The molecular weight excluding hydrogens is 262 g/mol. The highest BCUT2D eigenvalue weighted by Gasteiger charge is 2.18. The third-order valence-electron chi connectivity index (χ3n) is 2.86. The van der Waals surface area contributed by atoms with E-state index in [0.717, 1.165) is 10.6 Å². The van der Waals surface area contributed by atoms with E-state index >= 15 is 0 Å². The number of aromatic nitrogens is 2. The maximum Gasteiger partial charge on any atom is 0.259 e. The van der Waals surface area contributed by atoms with Crippen molar-refractivity contribution < 1.29 is 9.32 Å². The number of pyridine rings is 1. The molecule has 5 nitrogen and oxygen atoms in total. The lowest BCUT2D eigenvalue weighted by Gasteiger charge is -2.04. The molecule has 0 aliphatic rings. The summed E-state index contributed by atoms with van der Waals surface area (Å²) in [6.45, 7) is 1.80. The maximum atomic E-state index is 12.0. The Balaban J connectivity index is 2.31. The van der Waals surface area contributed by atoms with Crippen molar-refractivity contribution in [1.29, 1.82) is 0 Å². The number of fused-ring (bicyclic) bond motifs is 1. The molecule has 1 amide bonds. The van der Waals surface area contributed by atoms with E-state index in [0.29, 0.717) is 22.4 Å². The number of nitrogens with one attached hydrogen (secondary N) is 1. The molecule has 0 aliphatic carbocycles. The van der Waals surface area contributed by atoms with Gasteiger partial charge in [-0.25, -0.2) is 4.98 Å². The lowest BCUT2D eigenvalue weighted by Crippen LogP contribution is -2.18. The maximum absolute atomic E-state index is 12.0. The van der Waals surface area contributed by atoms with Crippen LogP contribution in [0.25, 0.3) is 21.7 Å². The van der Waals surface area contributed by atoms with Gasteiger partial charge in [0.1, 0.15) is 0 Å². The summed E-state index contributed by atoms with van der Waals surface area (Å²) in [5.74, 6) is -0.170. The van der Waals surface area contributed by atoms with Crippen molar-refractivity contribution in [2.24, 2.45) is 0 Å². The molecule has 96 valence electrons. The van der Waals surface area contributed by atoms with E-state index < -0.39 is 0 Å². The average molecular weight is 273 g/mol. The molecule has 3 aromatic rings. The zero-order chi connectivity index (χ0) is 13.4. The quantitative estimate of drug-likeness (QED) is 0.779. The van der Waals surface area contributed by atoms with Crippen LogP contribution in [0.1, 0.15) is 16.1 Å². The molecule has 3 aromatic heterocycles. The Morgan fingerprint density at radius 1 is 1.47 bits per heavy atom. The van der Waals surface area contributed by atoms with Gasteiger partial charge >= 0.3 is 0 Å². The first-order valence-corrected chi connectivity index (χ1v) is 6.61. The average Bonchev–Trinajstić information content (AvgIpc) is 3.07. The standard InChI is InChI=1S/C13H11N3O2S/c1-7-11-8(12(17)14-2)6-9(10-4-3-5-19-10)15-13(11)18-16-7/h3-6H,1-2H3,(H,14,17). The molecule has 0 spiro atoms. The zero-order valence-corrected chi connectivity index (χ0v) is 11.2. The molecule has 0 aromatic carbocycles. The van der Waals surface area contributed by atoms with Crippen molar-refractivity contribution in [2.75, 3.05) is 7.05 Å². The van der Waals surface area contributed by atoms with Crippen LogP contribution in [0, 0.1) is 6.92 Å². The molecule has 0 bridgehead atoms. The Bertz CT molecular complexity index is 747. The highest BCUT2D eigenvalue weighted by molar-refractivity contribution is 7.13. The number of hydrogen-bond acceptors (Lipinski definition) is 5. The molecule has 19 heavy (non-hydrogen) atoms. The number of thiophene rings is 1. The van der Waals surface area contributed by atoms with Crippen LogP contribution < -0.4 is 5.32 Å². The number of aryl methyl sites for hydroxylation is 1. The molecule has 0 fully saturated rings. The highest BCUT2D eigenvalue weighted by atomic mass is 32.1. The van der Waals surface area contributed by atoms with Gasteiger partial charge in [-0.3, -0.25) is 4.79 Å². The number of carbonyl (C=O) groups is 1. The number of amides is 1. The summed E-state index contributed by atoms with van der Waals surface area (Å²) >= 11 is 1.56. The first-order chi connectivity index (χ1) is 9.20. The molecule has 1 N–H and O–H groups in total. The fourth-order valence-corrected chi connectivity index (χ4v) is 2.65. The van der Waals surface area contributed by atoms with Gasteiger partial charge in [-0.2, -0.15) is 0 Å². The van der Waals surface area contributed by atoms with Gasteiger partial charge in [0, 0.05) is 7.05 Å². The van der Waals surface area contributed by atoms with Crippen LogP contribution in [-0.2, 0) is 0 Å². The van der Waals surface area contributed by atoms with Crippen molar-refractivity contribution >= 4 is 28.3 Å². The second kappa shape index (κ2) is 4.47. The third kappa shape index (κ3) is 1.90. The first kappa shape index (κ1) is 11.9. The lowest BCUT2D eigenvalue weighted by atomic mass is 10.1. The smallest absolute Gasteiger partial charge is 0.259 e. The van der Waals surface area contributed by atoms with Gasteiger partial charge in [-0.15, -0.1) is 11.3 Å². The third-order valence-corrected chi connectivity index (χ3v) is 3.75. The minimum absolute atomic E-state index is 0.170. The van der Waals surface area contributed by atoms with Crippen molar-refractivity contribution in [1.82, 2.24) is 15.5 Å². The molecule has 0 aliphatic heterocycles. The van der Waals surface area contributed by atoms with Crippen LogP contribution in [0.15, 0.2) is 28.1 Å². The summed E-state index contributed by atoms with van der Waals surface area (Å²) in [5.41, 5.74) is 2.31. The Labute approximate surface area is 113 Å². The largest absolute Gasteiger partial charge is 0.355 e. The highest BCUT2D eigenvalue weighted by Crippen LogP contribution is 2.29. The number of hydrogen-bond donors (Lipinski definition) is 1. The van der Waals surface area contributed by atoms with E-state index in [9.17, 15) is 4.79 Å². The summed E-state index contributed by atoms with van der Waals surface area (Å²) in [4.78, 5) is 17.4.